The first-order chi connectivity index (χ1) is 9.12. The predicted molar refractivity (Wildman–Crippen MR) is 73.0 cm³/mol. The van der Waals surface area contributed by atoms with Gasteiger partial charge in [-0.05, 0) is 37.6 Å². The maximum absolute atomic E-state index is 11.8. The molecule has 5 heteroatoms. The highest BCUT2D eigenvalue weighted by molar-refractivity contribution is 6.27. The Morgan fingerprint density at radius 2 is 1.95 bits per heavy atom. The number of Topliss-reactive ketones (excluding diaryl/α,β-unsaturated/α-hetero) is 1. The van der Waals surface area contributed by atoms with Gasteiger partial charge >= 0.3 is 5.97 Å². The molecule has 0 aliphatic rings. The second-order valence-corrected chi connectivity index (χ2v) is 4.09. The van der Waals surface area contributed by atoms with Gasteiger partial charge in [0.15, 0.2) is 5.78 Å². The van der Waals surface area contributed by atoms with Gasteiger partial charge < -0.3 is 9.47 Å². The van der Waals surface area contributed by atoms with Crippen LogP contribution in [0.5, 0.6) is 5.75 Å². The zero-order chi connectivity index (χ0) is 14.3. The highest BCUT2D eigenvalue weighted by atomic mass is 35.5. The van der Waals surface area contributed by atoms with Crippen molar-refractivity contribution in [2.75, 3.05) is 19.1 Å². The third kappa shape index (κ3) is 4.56. The normalized spacial score (nSPS) is 10.1. The first-order valence-electron chi connectivity index (χ1n) is 6.12. The summed E-state index contributed by atoms with van der Waals surface area (Å²) in [6.45, 7) is 4.40. The molecule has 0 heterocycles. The number of benzene rings is 1. The van der Waals surface area contributed by atoms with Gasteiger partial charge in [-0.2, -0.15) is 0 Å². The van der Waals surface area contributed by atoms with E-state index in [9.17, 15) is 9.59 Å². The Morgan fingerprint density at radius 1 is 1.21 bits per heavy atom. The fourth-order valence-electron chi connectivity index (χ4n) is 1.64. The number of ether oxygens (including phenoxy) is 2. The summed E-state index contributed by atoms with van der Waals surface area (Å²) in [7, 11) is 0. The second kappa shape index (κ2) is 7.79. The van der Waals surface area contributed by atoms with E-state index in [4.69, 9.17) is 21.1 Å². The molecule has 0 radical (unpaired) electrons. The Morgan fingerprint density at radius 3 is 2.53 bits per heavy atom. The summed E-state index contributed by atoms with van der Waals surface area (Å²) in [4.78, 5) is 23.3. The van der Waals surface area contributed by atoms with Gasteiger partial charge in [0, 0.05) is 6.42 Å². The maximum Gasteiger partial charge on any atom is 0.338 e. The van der Waals surface area contributed by atoms with Crippen LogP contribution in [0.15, 0.2) is 18.2 Å². The summed E-state index contributed by atoms with van der Waals surface area (Å²) in [6, 6.07) is 4.98. The number of hydrogen-bond acceptors (Lipinski definition) is 4. The molecular weight excluding hydrogens is 268 g/mol. The fraction of sp³-hybridized carbons (Fsp3) is 0.429. The molecule has 0 bridgehead atoms. The van der Waals surface area contributed by atoms with Crippen LogP contribution in [0.2, 0.25) is 0 Å². The number of carbonyl (C=O) groups excluding carboxylic acids is 2. The molecule has 0 aliphatic carbocycles. The minimum absolute atomic E-state index is 0.0822. The van der Waals surface area contributed by atoms with E-state index in [0.717, 1.165) is 0 Å². The smallest absolute Gasteiger partial charge is 0.338 e. The molecule has 0 atom stereocenters. The number of esters is 1. The van der Waals surface area contributed by atoms with Gasteiger partial charge in [-0.3, -0.25) is 4.79 Å². The fourth-order valence-corrected chi connectivity index (χ4v) is 1.73. The van der Waals surface area contributed by atoms with Gasteiger partial charge in [-0.1, -0.05) is 0 Å². The van der Waals surface area contributed by atoms with E-state index >= 15 is 0 Å². The second-order valence-electron chi connectivity index (χ2n) is 3.82. The summed E-state index contributed by atoms with van der Waals surface area (Å²) in [5.74, 6) is -0.0575. The monoisotopic (exact) mass is 284 g/mol. The summed E-state index contributed by atoms with van der Waals surface area (Å²) in [6.07, 6.45) is 0.0958. The van der Waals surface area contributed by atoms with Crippen molar-refractivity contribution in [3.8, 4) is 5.75 Å². The summed E-state index contributed by atoms with van der Waals surface area (Å²) in [5.41, 5.74) is 0.957. The van der Waals surface area contributed by atoms with Crippen LogP contribution in [-0.2, 0) is 16.0 Å². The highest BCUT2D eigenvalue weighted by Gasteiger charge is 2.15. The van der Waals surface area contributed by atoms with Crippen LogP contribution < -0.4 is 4.74 Å². The van der Waals surface area contributed by atoms with Crippen LogP contribution in [-0.4, -0.2) is 30.8 Å². The van der Waals surface area contributed by atoms with Crippen molar-refractivity contribution in [3.05, 3.63) is 29.3 Å². The average Bonchev–Trinajstić information content (AvgIpc) is 2.39. The molecule has 0 fully saturated rings. The third-order valence-corrected chi connectivity index (χ3v) is 2.72. The van der Waals surface area contributed by atoms with Crippen molar-refractivity contribution in [1.29, 1.82) is 0 Å². The molecule has 0 saturated carbocycles. The Kier molecular flexibility index (Phi) is 6.36. The zero-order valence-electron chi connectivity index (χ0n) is 11.1. The van der Waals surface area contributed by atoms with Gasteiger partial charge in [-0.15, -0.1) is 11.6 Å². The number of rotatable bonds is 7. The Bertz CT molecular complexity index is 457. The van der Waals surface area contributed by atoms with Gasteiger partial charge in [0.25, 0.3) is 0 Å². The van der Waals surface area contributed by atoms with E-state index < -0.39 is 5.97 Å². The van der Waals surface area contributed by atoms with Crippen molar-refractivity contribution in [3.63, 3.8) is 0 Å². The third-order valence-electron chi connectivity index (χ3n) is 2.42. The Balaban J connectivity index is 3.06. The van der Waals surface area contributed by atoms with Gasteiger partial charge in [0.2, 0.25) is 0 Å². The lowest BCUT2D eigenvalue weighted by atomic mass is 10.0. The molecule has 0 N–H and O–H groups in total. The number of carbonyl (C=O) groups is 2. The first-order valence-corrected chi connectivity index (χ1v) is 6.66. The Hall–Kier alpha value is -1.55. The molecule has 0 unspecified atom stereocenters. The quantitative estimate of drug-likeness (QED) is 0.570. The van der Waals surface area contributed by atoms with Gasteiger partial charge in [0.1, 0.15) is 5.75 Å². The van der Waals surface area contributed by atoms with Crippen molar-refractivity contribution in [1.82, 2.24) is 0 Å². The molecule has 104 valence electrons. The number of halogens is 1. The number of hydrogen-bond donors (Lipinski definition) is 0. The molecule has 1 aromatic carbocycles. The van der Waals surface area contributed by atoms with Crippen molar-refractivity contribution < 1.29 is 19.1 Å². The minimum Gasteiger partial charge on any atom is -0.494 e. The van der Waals surface area contributed by atoms with E-state index in [1.165, 1.54) is 0 Å². The van der Waals surface area contributed by atoms with Crippen molar-refractivity contribution in [2.45, 2.75) is 20.3 Å². The van der Waals surface area contributed by atoms with E-state index in [1.807, 2.05) is 6.92 Å². The first kappa shape index (κ1) is 15.5. The maximum atomic E-state index is 11.8. The van der Waals surface area contributed by atoms with Crippen LogP contribution in [0.1, 0.15) is 29.8 Å². The summed E-state index contributed by atoms with van der Waals surface area (Å²) in [5, 5.41) is 0. The van der Waals surface area contributed by atoms with E-state index in [2.05, 4.69) is 0 Å². The van der Waals surface area contributed by atoms with Crippen molar-refractivity contribution >= 4 is 23.4 Å². The van der Waals surface area contributed by atoms with Crippen LogP contribution in [0.4, 0.5) is 0 Å². The van der Waals surface area contributed by atoms with Gasteiger partial charge in [-0.25, -0.2) is 4.79 Å². The number of alkyl halides is 1. The van der Waals surface area contributed by atoms with E-state index in [1.54, 1.807) is 25.1 Å². The molecule has 1 aromatic rings. The standard InChI is InChI=1S/C14H17ClO4/c1-3-18-12-5-6-13(14(17)19-4-2)10(8-12)7-11(16)9-15/h5-6,8H,3-4,7,9H2,1-2H3. The molecule has 0 spiro atoms. The van der Waals surface area contributed by atoms with Crippen molar-refractivity contribution in [2.24, 2.45) is 0 Å². The molecule has 0 saturated heterocycles. The lowest BCUT2D eigenvalue weighted by Crippen LogP contribution is -2.12. The number of ketones is 1. The molecule has 0 aromatic heterocycles. The molecule has 0 aliphatic heterocycles. The predicted octanol–water partition coefficient (Wildman–Crippen LogP) is 2.61. The lowest BCUT2D eigenvalue weighted by Gasteiger charge is -2.10. The molecule has 19 heavy (non-hydrogen) atoms. The summed E-state index contributed by atoms with van der Waals surface area (Å²) >= 11 is 5.50. The Labute approximate surface area is 117 Å². The SMILES string of the molecule is CCOC(=O)c1ccc(OCC)cc1CC(=O)CCl. The lowest BCUT2D eigenvalue weighted by molar-refractivity contribution is -0.116. The van der Waals surface area contributed by atoms with Gasteiger partial charge in [0.05, 0.1) is 24.7 Å². The molecule has 0 amide bonds. The molecular formula is C14H17ClO4. The summed E-state index contributed by atoms with van der Waals surface area (Å²) < 4.78 is 10.3. The molecule has 4 nitrogen and oxygen atoms in total. The average molecular weight is 285 g/mol. The largest absolute Gasteiger partial charge is 0.494 e. The zero-order valence-corrected chi connectivity index (χ0v) is 11.8. The van der Waals surface area contributed by atoms with Crippen LogP contribution in [0.3, 0.4) is 0 Å². The molecule has 1 rings (SSSR count). The van der Waals surface area contributed by atoms with Crippen LogP contribution in [0.25, 0.3) is 0 Å². The highest BCUT2D eigenvalue weighted by Crippen LogP contribution is 2.20. The topological polar surface area (TPSA) is 52.6 Å². The minimum atomic E-state index is -0.442. The van der Waals surface area contributed by atoms with E-state index in [-0.39, 0.29) is 24.7 Å². The van der Waals surface area contributed by atoms with Crippen LogP contribution >= 0.6 is 11.6 Å². The van der Waals surface area contributed by atoms with E-state index in [0.29, 0.717) is 23.5 Å². The van der Waals surface area contributed by atoms with Crippen LogP contribution in [0, 0.1) is 0 Å².